The predicted octanol–water partition coefficient (Wildman–Crippen LogP) is -0.136. The van der Waals surface area contributed by atoms with E-state index in [0.29, 0.717) is 0 Å². The smallest absolute Gasteiger partial charge is 0.331 e. The van der Waals surface area contributed by atoms with E-state index in [4.69, 9.17) is 0 Å². The van der Waals surface area contributed by atoms with Crippen LogP contribution in [0.25, 0.3) is 0 Å². The molecule has 0 fully saturated rings. The minimum Gasteiger partial charge on any atom is -0.460 e. The van der Waals surface area contributed by atoms with E-state index in [9.17, 15) is 14.4 Å². The highest BCUT2D eigenvalue weighted by molar-refractivity contribution is 5.92. The lowest BCUT2D eigenvalue weighted by Crippen LogP contribution is -2.10. The van der Waals surface area contributed by atoms with E-state index in [0.717, 1.165) is 12.2 Å². The molecule has 90 valence electrons. The molecule has 0 aromatic rings. The highest BCUT2D eigenvalue weighted by Crippen LogP contribution is 1.86. The van der Waals surface area contributed by atoms with Crippen molar-refractivity contribution in [2.45, 2.75) is 6.92 Å². The van der Waals surface area contributed by atoms with Crippen LogP contribution in [0.15, 0.2) is 12.2 Å². The van der Waals surface area contributed by atoms with Gasteiger partial charge in [0.05, 0.1) is 6.61 Å². The van der Waals surface area contributed by atoms with Crippen molar-refractivity contribution in [3.05, 3.63) is 12.2 Å². The summed E-state index contributed by atoms with van der Waals surface area (Å²) in [5, 5.41) is 0. The van der Waals surface area contributed by atoms with Crippen LogP contribution in [-0.4, -0.2) is 44.7 Å². The number of ketones is 1. The summed E-state index contributed by atoms with van der Waals surface area (Å²) >= 11 is 0. The first-order valence-corrected chi connectivity index (χ1v) is 4.56. The van der Waals surface area contributed by atoms with Crippen molar-refractivity contribution in [1.29, 1.82) is 0 Å². The van der Waals surface area contributed by atoms with Gasteiger partial charge in [-0.15, -0.1) is 0 Å². The third kappa shape index (κ3) is 8.89. The second kappa shape index (κ2) is 8.60. The van der Waals surface area contributed by atoms with E-state index in [1.807, 2.05) is 0 Å². The minimum absolute atomic E-state index is 0.113. The van der Waals surface area contributed by atoms with E-state index in [1.54, 1.807) is 0 Å². The molecule has 0 rings (SSSR count). The number of methoxy groups -OCH3 is 1. The maximum atomic E-state index is 10.9. The van der Waals surface area contributed by atoms with Crippen LogP contribution in [0.5, 0.6) is 0 Å². The standard InChI is InChI=1S/C10H14O6/c1-8(11)7-16-10(13)4-3-9(12)15-6-5-14-2/h3-4H,5-7H2,1-2H3/b4-3+. The first-order valence-electron chi connectivity index (χ1n) is 4.56. The van der Waals surface area contributed by atoms with Crippen molar-refractivity contribution in [1.82, 2.24) is 0 Å². The maximum Gasteiger partial charge on any atom is 0.331 e. The van der Waals surface area contributed by atoms with Gasteiger partial charge in [-0.25, -0.2) is 9.59 Å². The fourth-order valence-corrected chi connectivity index (χ4v) is 0.631. The molecule has 0 aliphatic heterocycles. The van der Waals surface area contributed by atoms with Gasteiger partial charge in [0.25, 0.3) is 0 Å². The quantitative estimate of drug-likeness (QED) is 0.344. The SMILES string of the molecule is COCCOC(=O)/C=C/C(=O)OCC(C)=O. The van der Waals surface area contributed by atoms with E-state index in [2.05, 4.69) is 14.2 Å². The summed E-state index contributed by atoms with van der Waals surface area (Å²) in [4.78, 5) is 32.3. The fraction of sp³-hybridized carbons (Fsp3) is 0.500. The number of rotatable bonds is 7. The Kier molecular flexibility index (Phi) is 7.70. The average molecular weight is 230 g/mol. The number of Topliss-reactive ketones (excluding diaryl/α,β-unsaturated/α-hetero) is 1. The van der Waals surface area contributed by atoms with E-state index in [1.165, 1.54) is 14.0 Å². The Morgan fingerprint density at radius 3 is 2.06 bits per heavy atom. The summed E-state index contributed by atoms with van der Waals surface area (Å²) in [6.07, 6.45) is 1.83. The van der Waals surface area contributed by atoms with Crippen LogP contribution in [0.2, 0.25) is 0 Å². The number of hydrogen-bond acceptors (Lipinski definition) is 6. The molecule has 0 aliphatic rings. The molecule has 0 atom stereocenters. The topological polar surface area (TPSA) is 78.9 Å². The van der Waals surface area contributed by atoms with Crippen LogP contribution in [0, 0.1) is 0 Å². The lowest BCUT2D eigenvalue weighted by Gasteiger charge is -1.99. The van der Waals surface area contributed by atoms with Crippen LogP contribution in [0.3, 0.4) is 0 Å². The zero-order chi connectivity index (χ0) is 12.4. The van der Waals surface area contributed by atoms with Crippen molar-refractivity contribution in [3.63, 3.8) is 0 Å². The van der Waals surface area contributed by atoms with Crippen molar-refractivity contribution in [2.75, 3.05) is 26.9 Å². The highest BCUT2D eigenvalue weighted by atomic mass is 16.6. The van der Waals surface area contributed by atoms with Crippen LogP contribution in [-0.2, 0) is 28.6 Å². The molecule has 0 unspecified atom stereocenters. The molecule has 0 N–H and O–H groups in total. The average Bonchev–Trinajstić information content (AvgIpc) is 2.24. The summed E-state index contributed by atoms with van der Waals surface area (Å²) in [6, 6.07) is 0. The molecule has 6 nitrogen and oxygen atoms in total. The third-order valence-corrected chi connectivity index (χ3v) is 1.30. The van der Waals surface area contributed by atoms with E-state index < -0.39 is 11.9 Å². The summed E-state index contributed by atoms with van der Waals surface area (Å²) in [6.45, 7) is 1.38. The lowest BCUT2D eigenvalue weighted by molar-refractivity contribution is -0.143. The van der Waals surface area contributed by atoms with Gasteiger partial charge < -0.3 is 14.2 Å². The van der Waals surface area contributed by atoms with Crippen LogP contribution < -0.4 is 0 Å². The molecule has 0 aliphatic carbocycles. The number of carbonyl (C=O) groups is 3. The van der Waals surface area contributed by atoms with Gasteiger partial charge >= 0.3 is 11.9 Å². The second-order valence-electron chi connectivity index (χ2n) is 2.80. The van der Waals surface area contributed by atoms with Crippen molar-refractivity contribution >= 4 is 17.7 Å². The number of ether oxygens (including phenoxy) is 3. The molecular formula is C10H14O6. The first kappa shape index (κ1) is 14.3. The summed E-state index contributed by atoms with van der Waals surface area (Å²) in [5.74, 6) is -1.71. The number of hydrogen-bond donors (Lipinski definition) is 0. The molecule has 0 amide bonds. The van der Waals surface area contributed by atoms with Crippen molar-refractivity contribution in [3.8, 4) is 0 Å². The zero-order valence-electron chi connectivity index (χ0n) is 9.23. The van der Waals surface area contributed by atoms with Gasteiger partial charge in [0.1, 0.15) is 13.2 Å². The zero-order valence-corrected chi connectivity index (χ0v) is 9.23. The Balaban J connectivity index is 3.75. The third-order valence-electron chi connectivity index (χ3n) is 1.30. The molecule has 16 heavy (non-hydrogen) atoms. The Morgan fingerprint density at radius 2 is 1.56 bits per heavy atom. The van der Waals surface area contributed by atoms with E-state index in [-0.39, 0.29) is 25.6 Å². The second-order valence-corrected chi connectivity index (χ2v) is 2.80. The fourth-order valence-electron chi connectivity index (χ4n) is 0.631. The van der Waals surface area contributed by atoms with E-state index >= 15 is 0 Å². The minimum atomic E-state index is -0.765. The van der Waals surface area contributed by atoms with Crippen LogP contribution in [0.4, 0.5) is 0 Å². The van der Waals surface area contributed by atoms with Crippen molar-refractivity contribution < 1.29 is 28.6 Å². The normalized spacial score (nSPS) is 10.1. The van der Waals surface area contributed by atoms with Crippen LogP contribution in [0.1, 0.15) is 6.92 Å². The summed E-state index contributed by atoms with van der Waals surface area (Å²) < 4.78 is 13.8. The van der Waals surface area contributed by atoms with Gasteiger partial charge in [0.2, 0.25) is 0 Å². The first-order chi connectivity index (χ1) is 7.56. The molecule has 6 heteroatoms. The molecule has 0 aromatic carbocycles. The molecular weight excluding hydrogens is 216 g/mol. The molecule has 0 heterocycles. The molecule has 0 saturated carbocycles. The highest BCUT2D eigenvalue weighted by Gasteiger charge is 2.02. The molecule has 0 aromatic heterocycles. The van der Waals surface area contributed by atoms with Gasteiger partial charge in [-0.3, -0.25) is 4.79 Å². The summed E-state index contributed by atoms with van der Waals surface area (Å²) in [7, 11) is 1.48. The summed E-state index contributed by atoms with van der Waals surface area (Å²) in [5.41, 5.74) is 0. The molecule has 0 bridgehead atoms. The predicted molar refractivity (Wildman–Crippen MR) is 53.6 cm³/mol. The van der Waals surface area contributed by atoms with Gasteiger partial charge in [0, 0.05) is 19.3 Å². The molecule has 0 spiro atoms. The Morgan fingerprint density at radius 1 is 1.00 bits per heavy atom. The largest absolute Gasteiger partial charge is 0.460 e. The van der Waals surface area contributed by atoms with Crippen molar-refractivity contribution in [2.24, 2.45) is 0 Å². The number of esters is 2. The lowest BCUT2D eigenvalue weighted by atomic mass is 10.4. The Labute approximate surface area is 93.2 Å². The monoisotopic (exact) mass is 230 g/mol. The molecule has 0 saturated heterocycles. The van der Waals surface area contributed by atoms with Gasteiger partial charge in [-0.2, -0.15) is 0 Å². The Bertz CT molecular complexity index is 281. The van der Waals surface area contributed by atoms with Gasteiger partial charge in [-0.1, -0.05) is 0 Å². The maximum absolute atomic E-state index is 10.9. The Hall–Kier alpha value is -1.69. The van der Waals surface area contributed by atoms with Crippen LogP contribution >= 0.6 is 0 Å². The van der Waals surface area contributed by atoms with Gasteiger partial charge in [0.15, 0.2) is 5.78 Å². The number of carbonyl (C=O) groups excluding carboxylic acids is 3. The van der Waals surface area contributed by atoms with Gasteiger partial charge in [-0.05, 0) is 6.92 Å². The molecule has 0 radical (unpaired) electrons.